The second kappa shape index (κ2) is 11.6. The van der Waals surface area contributed by atoms with E-state index in [0.717, 1.165) is 22.3 Å². The van der Waals surface area contributed by atoms with Gasteiger partial charge in [-0.15, -0.1) is 34.9 Å². The summed E-state index contributed by atoms with van der Waals surface area (Å²) >= 11 is 0. The number of aliphatic hydroxyl groups is 1. The maximum absolute atomic E-state index is 11.5. The van der Waals surface area contributed by atoms with Crippen LogP contribution in [0.5, 0.6) is 0 Å². The van der Waals surface area contributed by atoms with E-state index in [1.807, 2.05) is 41.5 Å². The van der Waals surface area contributed by atoms with Crippen LogP contribution in [0.25, 0.3) is 22.2 Å². The van der Waals surface area contributed by atoms with E-state index in [-0.39, 0.29) is 37.1 Å². The number of carbonyl (C=O) groups is 1. The van der Waals surface area contributed by atoms with Crippen molar-refractivity contribution in [1.29, 1.82) is 0 Å². The number of carbonyl (C=O) groups excluding carboxylic acids is 1. The van der Waals surface area contributed by atoms with Gasteiger partial charge in [0.25, 0.3) is 0 Å². The van der Waals surface area contributed by atoms with Crippen LogP contribution in [-0.4, -0.2) is 15.9 Å². The molecule has 0 atom stereocenters. The number of fused-ring (bicyclic) bond motifs is 1. The molecule has 2 aromatic carbocycles. The summed E-state index contributed by atoms with van der Waals surface area (Å²) in [6.07, 6.45) is 1.33. The van der Waals surface area contributed by atoms with Crippen molar-refractivity contribution < 1.29 is 30.0 Å². The van der Waals surface area contributed by atoms with Crippen LogP contribution in [0.15, 0.2) is 42.2 Å². The van der Waals surface area contributed by atoms with Gasteiger partial charge in [0.2, 0.25) is 0 Å². The van der Waals surface area contributed by atoms with E-state index >= 15 is 0 Å². The van der Waals surface area contributed by atoms with Gasteiger partial charge in [-0.05, 0) is 43.7 Å². The summed E-state index contributed by atoms with van der Waals surface area (Å²) in [5, 5.41) is 10.8. The monoisotopic (exact) mass is 651 g/mol. The van der Waals surface area contributed by atoms with Crippen LogP contribution in [0.2, 0.25) is 0 Å². The first-order valence-electron chi connectivity index (χ1n) is 11.8. The molecular weight excluding hydrogens is 611 g/mol. The predicted octanol–water partition coefficient (Wildman–Crippen LogP) is 8.33. The Morgan fingerprint density at radius 2 is 1.49 bits per heavy atom. The quantitative estimate of drug-likeness (QED) is 0.172. The summed E-state index contributed by atoms with van der Waals surface area (Å²) in [6.45, 7) is 21.8. The second-order valence-electron chi connectivity index (χ2n) is 11.4. The van der Waals surface area contributed by atoms with Gasteiger partial charge >= 0.3 is 0 Å². The van der Waals surface area contributed by atoms with Crippen LogP contribution >= 0.6 is 0 Å². The molecule has 1 N–H and O–H groups in total. The van der Waals surface area contributed by atoms with Crippen molar-refractivity contribution in [1.82, 2.24) is 4.98 Å². The molecule has 0 saturated carbocycles. The normalized spacial score (nSPS) is 12.0. The van der Waals surface area contributed by atoms with Gasteiger partial charge in [-0.1, -0.05) is 73.1 Å². The van der Waals surface area contributed by atoms with Gasteiger partial charge in [-0.25, -0.2) is 0 Å². The van der Waals surface area contributed by atoms with Gasteiger partial charge in [0.15, 0.2) is 5.78 Å². The first-order valence-corrected chi connectivity index (χ1v) is 11.8. The fourth-order valence-corrected chi connectivity index (χ4v) is 3.45. The smallest absolute Gasteiger partial charge is 0.164 e. The average molecular weight is 651 g/mol. The van der Waals surface area contributed by atoms with Gasteiger partial charge < -0.3 is 5.11 Å². The van der Waals surface area contributed by atoms with Crippen LogP contribution < -0.4 is 0 Å². The number of hydrogen-bond acceptors (Lipinski definition) is 3. The second-order valence-corrected chi connectivity index (χ2v) is 11.4. The van der Waals surface area contributed by atoms with E-state index < -0.39 is 5.41 Å². The number of hydrogen-bond donors (Lipinski definition) is 1. The largest absolute Gasteiger partial charge is 0.512 e. The molecule has 0 aliphatic heterocycles. The molecule has 0 saturated heterocycles. The Hall–Kier alpha value is -2.29. The molecule has 4 heteroatoms. The SMILES string of the molecule is CC(C)(C)C(=O)/C=C(\O)C(C)(C)C.Cc1[c-]c(-c2nc3ccc(C)c(C)c3cc2C)cc(C)c1.[Ir]. The van der Waals surface area contributed by atoms with Crippen LogP contribution in [0, 0.1) is 51.5 Å². The van der Waals surface area contributed by atoms with Gasteiger partial charge in [-0.2, -0.15) is 0 Å². The van der Waals surface area contributed by atoms with Crippen molar-refractivity contribution in [2.45, 2.75) is 76.2 Å². The third-order valence-electron chi connectivity index (χ3n) is 5.91. The summed E-state index contributed by atoms with van der Waals surface area (Å²) in [5.74, 6) is 0.104. The van der Waals surface area contributed by atoms with Gasteiger partial charge in [-0.3, -0.25) is 9.78 Å². The van der Waals surface area contributed by atoms with Crippen molar-refractivity contribution in [3.05, 3.63) is 76.1 Å². The van der Waals surface area contributed by atoms with Crippen molar-refractivity contribution in [2.24, 2.45) is 10.8 Å². The fourth-order valence-electron chi connectivity index (χ4n) is 3.45. The molecule has 0 aliphatic rings. The van der Waals surface area contributed by atoms with Crippen molar-refractivity contribution in [2.75, 3.05) is 0 Å². The van der Waals surface area contributed by atoms with E-state index in [9.17, 15) is 9.90 Å². The van der Waals surface area contributed by atoms with Gasteiger partial charge in [0, 0.05) is 42.4 Å². The summed E-state index contributed by atoms with van der Waals surface area (Å²) in [4.78, 5) is 16.4. The van der Waals surface area contributed by atoms with Gasteiger partial charge in [0.05, 0.1) is 5.52 Å². The number of pyridine rings is 1. The van der Waals surface area contributed by atoms with Crippen molar-refractivity contribution >= 4 is 16.7 Å². The number of aromatic nitrogens is 1. The van der Waals surface area contributed by atoms with Crippen LogP contribution in [0.3, 0.4) is 0 Å². The van der Waals surface area contributed by atoms with Crippen molar-refractivity contribution in [3.8, 4) is 11.3 Å². The Balaban J connectivity index is 0.000000383. The van der Waals surface area contributed by atoms with E-state index in [1.165, 1.54) is 33.7 Å². The third kappa shape index (κ3) is 8.12. The molecule has 3 aromatic rings. The summed E-state index contributed by atoms with van der Waals surface area (Å²) in [5.41, 5.74) is 8.68. The van der Waals surface area contributed by atoms with E-state index in [0.29, 0.717) is 0 Å². The first kappa shape index (κ1) is 30.7. The molecule has 0 amide bonds. The summed E-state index contributed by atoms with van der Waals surface area (Å²) in [7, 11) is 0. The fraction of sp³-hybridized carbons (Fsp3) is 0.419. The number of benzene rings is 2. The van der Waals surface area contributed by atoms with Crippen molar-refractivity contribution in [3.63, 3.8) is 0 Å². The molecule has 1 aromatic heterocycles. The molecule has 0 spiro atoms. The zero-order chi connectivity index (χ0) is 26.0. The summed E-state index contributed by atoms with van der Waals surface area (Å²) < 4.78 is 0. The standard InChI is InChI=1S/C20H20N.C11H20O2.Ir/c1-12-8-13(2)10-17(9-12)20-15(4)11-18-16(5)14(3)6-7-19(18)21-20;1-10(2,3)8(12)7-9(13)11(4,5)6;/h6-9,11H,1-5H3;7,12H,1-6H3;/q-1;;/b;8-7-;. The number of aliphatic hydroxyl groups excluding tert-OH is 1. The number of aryl methyl sites for hydroxylation is 5. The molecule has 0 aliphatic carbocycles. The topological polar surface area (TPSA) is 50.2 Å². The van der Waals surface area contributed by atoms with Gasteiger partial charge in [0.1, 0.15) is 5.76 Å². The Kier molecular flexibility index (Phi) is 10.2. The molecule has 3 rings (SSSR count). The molecular formula is C31H40IrNO2-. The number of ketones is 1. The van der Waals surface area contributed by atoms with Crippen LogP contribution in [0.1, 0.15) is 69.4 Å². The molecule has 1 heterocycles. The van der Waals surface area contributed by atoms with E-state index in [1.54, 1.807) is 0 Å². The molecule has 191 valence electrons. The number of allylic oxidation sites excluding steroid dienone is 2. The molecule has 0 bridgehead atoms. The average Bonchev–Trinajstić information content (AvgIpc) is 2.69. The first-order chi connectivity index (χ1) is 15.5. The zero-order valence-corrected chi connectivity index (χ0v) is 25.5. The molecule has 0 unspecified atom stereocenters. The van der Waals surface area contributed by atoms with E-state index in [4.69, 9.17) is 4.98 Å². The minimum atomic E-state index is -0.417. The minimum Gasteiger partial charge on any atom is -0.512 e. The predicted molar refractivity (Wildman–Crippen MR) is 144 cm³/mol. The van der Waals surface area contributed by atoms with E-state index in [2.05, 4.69) is 71.0 Å². The maximum Gasteiger partial charge on any atom is 0.164 e. The summed E-state index contributed by atoms with van der Waals surface area (Å²) in [6, 6.07) is 14.3. The Morgan fingerprint density at radius 3 is 2.00 bits per heavy atom. The molecule has 1 radical (unpaired) electrons. The Labute approximate surface area is 225 Å². The maximum atomic E-state index is 11.5. The third-order valence-corrected chi connectivity index (χ3v) is 5.91. The van der Waals surface area contributed by atoms with Crippen LogP contribution in [0.4, 0.5) is 0 Å². The minimum absolute atomic E-state index is 0. The Morgan fingerprint density at radius 1 is 0.886 bits per heavy atom. The molecule has 0 fully saturated rings. The number of nitrogens with zero attached hydrogens (tertiary/aromatic N) is 1. The number of rotatable bonds is 2. The van der Waals surface area contributed by atoms with Crippen LogP contribution in [-0.2, 0) is 24.9 Å². The molecule has 35 heavy (non-hydrogen) atoms. The zero-order valence-electron chi connectivity index (χ0n) is 23.1. The molecule has 3 nitrogen and oxygen atoms in total. The Bertz CT molecular complexity index is 1220.